The van der Waals surface area contributed by atoms with E-state index in [1.807, 2.05) is 42.5 Å². The maximum atomic E-state index is 12.0. The lowest BCUT2D eigenvalue weighted by Crippen LogP contribution is -2.23. The van der Waals surface area contributed by atoms with Gasteiger partial charge in [-0.3, -0.25) is 9.78 Å². The van der Waals surface area contributed by atoms with Crippen LogP contribution in [0.3, 0.4) is 0 Å². The van der Waals surface area contributed by atoms with Crippen molar-refractivity contribution in [3.05, 3.63) is 66.4 Å². The van der Waals surface area contributed by atoms with Crippen molar-refractivity contribution in [2.45, 2.75) is 0 Å². The van der Waals surface area contributed by atoms with E-state index in [0.29, 0.717) is 5.56 Å². The van der Waals surface area contributed by atoms with Crippen molar-refractivity contribution in [3.63, 3.8) is 0 Å². The largest absolute Gasteiger partial charge is 0.355 e. The molecule has 2 N–H and O–H groups in total. The summed E-state index contributed by atoms with van der Waals surface area (Å²) in [5.74, 6) is 2.20. The fraction of sp³-hybridized carbons (Fsp3) is 0.0526. The van der Waals surface area contributed by atoms with E-state index in [0.717, 1.165) is 22.3 Å². The number of aromatic nitrogens is 1. The number of pyridine rings is 1. The van der Waals surface area contributed by atoms with Gasteiger partial charge in [-0.05, 0) is 30.3 Å². The van der Waals surface area contributed by atoms with Crippen LogP contribution < -0.4 is 10.6 Å². The number of nitrogens with zero attached hydrogens (tertiary/aromatic N) is 1. The lowest BCUT2D eigenvalue weighted by atomic mass is 10.1. The molecule has 0 aliphatic carbocycles. The molecule has 0 atom stereocenters. The van der Waals surface area contributed by atoms with E-state index in [1.165, 1.54) is 0 Å². The number of carbonyl (C=O) groups excluding carboxylic acids is 1. The molecule has 1 aromatic heterocycles. The van der Waals surface area contributed by atoms with Crippen molar-refractivity contribution in [1.82, 2.24) is 10.3 Å². The van der Waals surface area contributed by atoms with Crippen LogP contribution in [0.4, 0.5) is 11.4 Å². The zero-order valence-corrected chi connectivity index (χ0v) is 12.4. The van der Waals surface area contributed by atoms with Crippen LogP contribution in [0.25, 0.3) is 10.9 Å². The van der Waals surface area contributed by atoms with Crippen molar-refractivity contribution in [3.8, 4) is 12.3 Å². The van der Waals surface area contributed by atoms with Crippen LogP contribution in [0, 0.1) is 12.3 Å². The Morgan fingerprint density at radius 2 is 2.00 bits per heavy atom. The summed E-state index contributed by atoms with van der Waals surface area (Å²) in [6, 6.07) is 17.1. The third-order valence-electron chi connectivity index (χ3n) is 3.40. The highest BCUT2D eigenvalue weighted by atomic mass is 16.1. The number of anilines is 2. The summed E-state index contributed by atoms with van der Waals surface area (Å²) in [6.07, 6.45) is 6.91. The molecule has 2 aromatic carbocycles. The first kappa shape index (κ1) is 14.6. The van der Waals surface area contributed by atoms with E-state index in [4.69, 9.17) is 6.42 Å². The van der Waals surface area contributed by atoms with Crippen molar-refractivity contribution in [2.24, 2.45) is 0 Å². The minimum Gasteiger partial charge on any atom is -0.355 e. The van der Waals surface area contributed by atoms with Crippen LogP contribution in [0.5, 0.6) is 0 Å². The predicted octanol–water partition coefficient (Wildman–Crippen LogP) is 3.34. The topological polar surface area (TPSA) is 54.0 Å². The molecule has 0 unspecified atom stereocenters. The fourth-order valence-corrected chi connectivity index (χ4v) is 2.33. The average Bonchev–Trinajstić information content (AvgIpc) is 2.60. The van der Waals surface area contributed by atoms with E-state index in [1.54, 1.807) is 18.3 Å². The highest BCUT2D eigenvalue weighted by Gasteiger charge is 2.06. The minimum atomic E-state index is -0.189. The molecular weight excluding hydrogens is 286 g/mol. The molecule has 0 spiro atoms. The number of terminal acetylenes is 1. The van der Waals surface area contributed by atoms with Crippen LogP contribution >= 0.6 is 0 Å². The van der Waals surface area contributed by atoms with Crippen LogP contribution in [0.15, 0.2) is 60.8 Å². The average molecular weight is 301 g/mol. The zero-order chi connectivity index (χ0) is 16.1. The molecule has 23 heavy (non-hydrogen) atoms. The van der Waals surface area contributed by atoms with E-state index in [2.05, 4.69) is 21.5 Å². The van der Waals surface area contributed by atoms with Gasteiger partial charge in [-0.25, -0.2) is 0 Å². The molecule has 0 radical (unpaired) electrons. The van der Waals surface area contributed by atoms with Gasteiger partial charge >= 0.3 is 0 Å². The second-order valence-corrected chi connectivity index (χ2v) is 4.97. The Bertz CT molecular complexity index is 891. The van der Waals surface area contributed by atoms with Gasteiger partial charge in [0.15, 0.2) is 0 Å². The van der Waals surface area contributed by atoms with Crippen LogP contribution in [-0.4, -0.2) is 17.4 Å². The zero-order valence-electron chi connectivity index (χ0n) is 12.4. The first-order valence-electron chi connectivity index (χ1n) is 7.20. The van der Waals surface area contributed by atoms with Crippen LogP contribution in [-0.2, 0) is 0 Å². The van der Waals surface area contributed by atoms with E-state index in [9.17, 15) is 4.79 Å². The van der Waals surface area contributed by atoms with Gasteiger partial charge in [0, 0.05) is 28.5 Å². The van der Waals surface area contributed by atoms with Gasteiger partial charge in [0.1, 0.15) is 0 Å². The van der Waals surface area contributed by atoms with Gasteiger partial charge in [0.05, 0.1) is 12.1 Å². The fourth-order valence-electron chi connectivity index (χ4n) is 2.33. The lowest BCUT2D eigenvalue weighted by Gasteiger charge is -2.10. The molecular formula is C19H15N3O. The molecule has 112 valence electrons. The Morgan fingerprint density at radius 3 is 2.87 bits per heavy atom. The van der Waals surface area contributed by atoms with Crippen LogP contribution in [0.2, 0.25) is 0 Å². The molecule has 0 saturated carbocycles. The summed E-state index contributed by atoms with van der Waals surface area (Å²) < 4.78 is 0. The number of rotatable bonds is 4. The number of benzene rings is 2. The minimum absolute atomic E-state index is 0.189. The summed E-state index contributed by atoms with van der Waals surface area (Å²) in [5, 5.41) is 7.02. The molecule has 0 aliphatic rings. The Hall–Kier alpha value is -3.32. The number of amides is 1. The summed E-state index contributed by atoms with van der Waals surface area (Å²) >= 11 is 0. The van der Waals surface area contributed by atoms with Crippen molar-refractivity contribution >= 4 is 28.2 Å². The molecule has 4 heteroatoms. The van der Waals surface area contributed by atoms with E-state index >= 15 is 0 Å². The highest BCUT2D eigenvalue weighted by molar-refractivity contribution is 5.96. The molecule has 1 amide bonds. The normalized spacial score (nSPS) is 10.0. The quantitative estimate of drug-likeness (QED) is 0.727. The molecule has 1 heterocycles. The first-order valence-corrected chi connectivity index (χ1v) is 7.20. The van der Waals surface area contributed by atoms with Crippen LogP contribution in [0.1, 0.15) is 10.4 Å². The maximum Gasteiger partial charge on any atom is 0.252 e. The number of carbonyl (C=O) groups is 1. The molecule has 4 nitrogen and oxygen atoms in total. The third-order valence-corrected chi connectivity index (χ3v) is 3.40. The summed E-state index contributed by atoms with van der Waals surface area (Å²) in [6.45, 7) is 0.214. The monoisotopic (exact) mass is 301 g/mol. The van der Waals surface area contributed by atoms with Crippen molar-refractivity contribution in [2.75, 3.05) is 11.9 Å². The van der Waals surface area contributed by atoms with E-state index < -0.39 is 0 Å². The maximum absolute atomic E-state index is 12.0. The summed E-state index contributed by atoms with van der Waals surface area (Å²) in [7, 11) is 0. The number of para-hydroxylation sites is 1. The molecule has 0 saturated heterocycles. The number of hydrogen-bond donors (Lipinski definition) is 2. The standard InChI is InChI=1S/C19H15N3O/c1-2-11-21-19(23)14-6-5-7-15(13-14)22-18-10-12-20-17-9-4-3-8-16(17)18/h1,3-10,12-13H,11H2,(H,20,22)(H,21,23). The van der Waals surface area contributed by atoms with E-state index in [-0.39, 0.29) is 12.5 Å². The Labute approximate surface area is 134 Å². The van der Waals surface area contributed by atoms with Gasteiger partial charge in [-0.1, -0.05) is 30.2 Å². The summed E-state index contributed by atoms with van der Waals surface area (Å²) in [4.78, 5) is 16.3. The Kier molecular flexibility index (Phi) is 4.21. The van der Waals surface area contributed by atoms with Gasteiger partial charge < -0.3 is 10.6 Å². The Balaban J connectivity index is 1.88. The summed E-state index contributed by atoms with van der Waals surface area (Å²) in [5.41, 5.74) is 3.25. The van der Waals surface area contributed by atoms with Crippen molar-refractivity contribution in [1.29, 1.82) is 0 Å². The SMILES string of the molecule is C#CCNC(=O)c1cccc(Nc2ccnc3ccccc23)c1. The molecule has 3 rings (SSSR count). The second-order valence-electron chi connectivity index (χ2n) is 4.97. The highest BCUT2D eigenvalue weighted by Crippen LogP contribution is 2.25. The van der Waals surface area contributed by atoms with Gasteiger partial charge in [0.2, 0.25) is 0 Å². The van der Waals surface area contributed by atoms with Gasteiger partial charge in [-0.15, -0.1) is 6.42 Å². The van der Waals surface area contributed by atoms with Gasteiger partial charge in [-0.2, -0.15) is 0 Å². The number of hydrogen-bond acceptors (Lipinski definition) is 3. The lowest BCUT2D eigenvalue weighted by molar-refractivity contribution is 0.0958. The first-order chi connectivity index (χ1) is 11.3. The number of nitrogens with one attached hydrogen (secondary N) is 2. The Morgan fingerprint density at radius 1 is 1.13 bits per heavy atom. The predicted molar refractivity (Wildman–Crippen MR) is 92.6 cm³/mol. The second kappa shape index (κ2) is 6.63. The molecule has 3 aromatic rings. The third kappa shape index (κ3) is 3.30. The smallest absolute Gasteiger partial charge is 0.252 e. The molecule has 0 fully saturated rings. The number of fused-ring (bicyclic) bond motifs is 1. The van der Waals surface area contributed by atoms with Gasteiger partial charge in [0.25, 0.3) is 5.91 Å². The molecule has 0 bridgehead atoms. The van der Waals surface area contributed by atoms with Crippen molar-refractivity contribution < 1.29 is 4.79 Å². The molecule has 0 aliphatic heterocycles.